The average molecular weight is 496 g/mol. The molecule has 1 heterocycles. The maximum Gasteiger partial charge on any atom is 0.363 e. The molecule has 3 aromatic rings. The highest BCUT2D eigenvalue weighted by Crippen LogP contribution is 2.25. The third-order valence-corrected chi connectivity index (χ3v) is 5.86. The van der Waals surface area contributed by atoms with E-state index < -0.39 is 12.0 Å². The van der Waals surface area contributed by atoms with Crippen LogP contribution in [-0.2, 0) is 6.42 Å². The fourth-order valence-electron chi connectivity index (χ4n) is 2.58. The number of benzene rings is 2. The van der Waals surface area contributed by atoms with Gasteiger partial charge < -0.3 is 10.1 Å². The zero-order valence-corrected chi connectivity index (χ0v) is 19.7. The van der Waals surface area contributed by atoms with E-state index in [4.69, 9.17) is 27.9 Å². The van der Waals surface area contributed by atoms with Gasteiger partial charge in [-0.15, -0.1) is 11.3 Å². The number of amides is 2. The third kappa shape index (κ3) is 6.61. The van der Waals surface area contributed by atoms with Crippen LogP contribution in [0.15, 0.2) is 47.8 Å². The summed E-state index contributed by atoms with van der Waals surface area (Å²) in [6.07, 6.45) is 2.95. The van der Waals surface area contributed by atoms with Gasteiger partial charge in [0, 0.05) is 21.1 Å². The number of anilines is 2. The Balaban J connectivity index is 1.60. The average Bonchev–Trinajstić information content (AvgIpc) is 3.20. The van der Waals surface area contributed by atoms with E-state index in [1.165, 1.54) is 11.3 Å². The van der Waals surface area contributed by atoms with Crippen LogP contribution in [0.3, 0.4) is 0 Å². The number of thiazole rings is 1. The summed E-state index contributed by atoms with van der Waals surface area (Å²) in [4.78, 5) is 29.0. The number of unbranched alkanes of at least 4 members (excludes halogenated alkanes) is 1. The minimum Gasteiger partial charge on any atom is -0.422 e. The van der Waals surface area contributed by atoms with Gasteiger partial charge in [0.2, 0.25) is 0 Å². The summed E-state index contributed by atoms with van der Waals surface area (Å²) in [5.41, 5.74) is 1.20. The first-order valence-corrected chi connectivity index (χ1v) is 11.4. The highest BCUT2D eigenvalue weighted by atomic mass is 35.5. The normalized spacial score (nSPS) is 10.6. The topological polar surface area (TPSA) is 71.5 Å². The molecule has 31 heavy (non-hydrogen) atoms. The Labute approximate surface area is 199 Å². The van der Waals surface area contributed by atoms with Crippen LogP contribution in [0, 0.1) is 0 Å². The maximum absolute atomic E-state index is 12.4. The van der Waals surface area contributed by atoms with Crippen molar-refractivity contribution in [2.24, 2.45) is 0 Å². The van der Waals surface area contributed by atoms with Crippen molar-refractivity contribution in [3.8, 4) is 5.75 Å². The number of carbonyl (C=O) groups excluding carboxylic acids is 2. The molecule has 2 aromatic carbocycles. The van der Waals surface area contributed by atoms with Crippen molar-refractivity contribution in [1.29, 1.82) is 0 Å². The molecule has 0 bridgehead atoms. The number of aromatic nitrogens is 1. The van der Waals surface area contributed by atoms with E-state index in [1.54, 1.807) is 47.8 Å². The first-order valence-electron chi connectivity index (χ1n) is 9.38. The predicted octanol–water partition coefficient (Wildman–Crippen LogP) is 6.90. The maximum atomic E-state index is 12.4. The number of thiol groups is 1. The number of carbonyl (C=O) groups is 2. The van der Waals surface area contributed by atoms with Gasteiger partial charge in [0.05, 0.1) is 10.7 Å². The van der Waals surface area contributed by atoms with Gasteiger partial charge in [0.25, 0.3) is 0 Å². The molecule has 6 nitrogen and oxygen atoms in total. The summed E-state index contributed by atoms with van der Waals surface area (Å²) in [5.74, 6) is -0.189. The van der Waals surface area contributed by atoms with Crippen LogP contribution in [0.25, 0.3) is 0 Å². The van der Waals surface area contributed by atoms with E-state index in [1.807, 2.05) is 0 Å². The van der Waals surface area contributed by atoms with Crippen LogP contribution >= 0.6 is 47.4 Å². The lowest BCUT2D eigenvalue weighted by atomic mass is 10.3. The zero-order chi connectivity index (χ0) is 22.4. The molecule has 0 spiro atoms. The van der Waals surface area contributed by atoms with E-state index >= 15 is 0 Å². The van der Waals surface area contributed by atoms with Gasteiger partial charge >= 0.3 is 12.0 Å². The van der Waals surface area contributed by atoms with Gasteiger partial charge in [-0.3, -0.25) is 0 Å². The molecule has 0 aliphatic heterocycles. The first kappa shape index (κ1) is 23.4. The van der Waals surface area contributed by atoms with Crippen LogP contribution in [0.1, 0.15) is 35.3 Å². The SMILES string of the molecule is CCCCc1nc(C(=O)Oc2ccc(N(S)C(=O)Nc3cc(Cl)cc(Cl)c3)cc2)cs1. The van der Waals surface area contributed by atoms with E-state index in [-0.39, 0.29) is 5.69 Å². The largest absolute Gasteiger partial charge is 0.422 e. The molecule has 10 heteroatoms. The summed E-state index contributed by atoms with van der Waals surface area (Å²) >= 11 is 17.6. The predicted molar refractivity (Wildman–Crippen MR) is 129 cm³/mol. The number of rotatable bonds is 7. The van der Waals surface area contributed by atoms with Gasteiger partial charge in [-0.2, -0.15) is 0 Å². The molecule has 2 amide bonds. The standard InChI is InChI=1S/C21H19Cl2N3O3S2/c1-2-3-4-19-25-18(12-31-19)20(27)29-17-7-5-16(6-8-17)26(30)21(28)24-15-10-13(22)9-14(23)11-15/h5-12,30H,2-4H2,1H3,(H,24,28). The minimum atomic E-state index is -0.523. The highest BCUT2D eigenvalue weighted by Gasteiger charge is 2.16. The molecule has 3 rings (SSSR count). The molecular formula is C21H19Cl2N3O3S2. The van der Waals surface area contributed by atoms with Gasteiger partial charge in [-0.1, -0.05) is 49.4 Å². The molecule has 0 fully saturated rings. The molecule has 1 aromatic heterocycles. The summed E-state index contributed by atoms with van der Waals surface area (Å²) in [5, 5.41) is 6.07. The van der Waals surface area contributed by atoms with Gasteiger partial charge in [-0.05, 0) is 55.3 Å². The molecule has 0 atom stereocenters. The van der Waals surface area contributed by atoms with Gasteiger partial charge in [0.1, 0.15) is 5.75 Å². The lowest BCUT2D eigenvalue weighted by Crippen LogP contribution is -2.26. The number of nitrogens with one attached hydrogen (secondary N) is 1. The number of urea groups is 1. The minimum absolute atomic E-state index is 0.288. The Morgan fingerprint density at radius 3 is 2.48 bits per heavy atom. The van der Waals surface area contributed by atoms with Crippen LogP contribution < -0.4 is 14.4 Å². The van der Waals surface area contributed by atoms with E-state index in [0.717, 1.165) is 28.6 Å². The number of hydrogen-bond acceptors (Lipinski definition) is 6. The smallest absolute Gasteiger partial charge is 0.363 e. The van der Waals surface area contributed by atoms with Crippen LogP contribution in [-0.4, -0.2) is 17.0 Å². The Bertz CT molecular complexity index is 1050. The third-order valence-electron chi connectivity index (χ3n) is 4.10. The zero-order valence-electron chi connectivity index (χ0n) is 16.5. The number of aryl methyl sites for hydroxylation is 1. The van der Waals surface area contributed by atoms with Crippen molar-refractivity contribution in [1.82, 2.24) is 4.98 Å². The fourth-order valence-corrected chi connectivity index (χ4v) is 4.10. The van der Waals surface area contributed by atoms with Crippen molar-refractivity contribution in [2.45, 2.75) is 26.2 Å². The monoisotopic (exact) mass is 495 g/mol. The number of esters is 1. The number of ether oxygens (including phenoxy) is 1. The Morgan fingerprint density at radius 2 is 1.84 bits per heavy atom. The van der Waals surface area contributed by atoms with Crippen LogP contribution in [0.4, 0.5) is 16.2 Å². The molecule has 0 radical (unpaired) electrons. The van der Waals surface area contributed by atoms with Crippen molar-refractivity contribution in [3.05, 3.63) is 68.6 Å². The highest BCUT2D eigenvalue weighted by molar-refractivity contribution is 7.82. The molecule has 0 aliphatic rings. The fraction of sp³-hybridized carbons (Fsp3) is 0.190. The summed E-state index contributed by atoms with van der Waals surface area (Å²) in [6, 6.07) is 10.6. The van der Waals surface area contributed by atoms with Crippen molar-refractivity contribution in [3.63, 3.8) is 0 Å². The number of hydrogen-bond donors (Lipinski definition) is 2. The molecule has 0 unspecified atom stereocenters. The van der Waals surface area contributed by atoms with Gasteiger partial charge in [-0.25, -0.2) is 18.9 Å². The Morgan fingerprint density at radius 1 is 1.16 bits per heavy atom. The quantitative estimate of drug-likeness (QED) is 0.212. The van der Waals surface area contributed by atoms with Crippen LogP contribution in [0.5, 0.6) is 5.75 Å². The lowest BCUT2D eigenvalue weighted by molar-refractivity contribution is 0.0729. The van der Waals surface area contributed by atoms with E-state index in [2.05, 4.69) is 30.0 Å². The second-order valence-electron chi connectivity index (χ2n) is 6.51. The molecular weight excluding hydrogens is 477 g/mol. The first-order chi connectivity index (χ1) is 14.9. The number of halogens is 2. The lowest BCUT2D eigenvalue weighted by Gasteiger charge is -2.17. The second-order valence-corrected chi connectivity index (χ2v) is 8.73. The summed E-state index contributed by atoms with van der Waals surface area (Å²) in [6.45, 7) is 2.11. The van der Waals surface area contributed by atoms with Crippen molar-refractivity contribution >= 4 is 70.7 Å². The molecule has 1 N–H and O–H groups in total. The second kappa shape index (κ2) is 10.9. The Kier molecular flexibility index (Phi) is 8.20. The van der Waals surface area contributed by atoms with Crippen molar-refractivity contribution < 1.29 is 14.3 Å². The molecule has 162 valence electrons. The van der Waals surface area contributed by atoms with Crippen molar-refractivity contribution in [2.75, 3.05) is 9.62 Å². The summed E-state index contributed by atoms with van der Waals surface area (Å²) < 4.78 is 6.48. The summed E-state index contributed by atoms with van der Waals surface area (Å²) in [7, 11) is 0. The van der Waals surface area contributed by atoms with E-state index in [0.29, 0.717) is 27.2 Å². The molecule has 0 saturated carbocycles. The Hall–Kier alpha value is -2.26. The van der Waals surface area contributed by atoms with Gasteiger partial charge in [0.15, 0.2) is 5.69 Å². The number of nitrogens with zero attached hydrogens (tertiary/aromatic N) is 2. The van der Waals surface area contributed by atoms with E-state index in [9.17, 15) is 9.59 Å². The molecule has 0 saturated heterocycles. The molecule has 0 aliphatic carbocycles. The van der Waals surface area contributed by atoms with Crippen LogP contribution in [0.2, 0.25) is 10.0 Å².